The minimum atomic E-state index is 0.534. The van der Waals surface area contributed by atoms with Crippen LogP contribution in [0, 0.1) is 13.8 Å². The Bertz CT molecular complexity index is 608. The summed E-state index contributed by atoms with van der Waals surface area (Å²) in [4.78, 5) is 1.43. The third-order valence-corrected chi connectivity index (χ3v) is 3.42. The van der Waals surface area contributed by atoms with Crippen molar-refractivity contribution in [3.63, 3.8) is 0 Å². The summed E-state index contributed by atoms with van der Waals surface area (Å²) in [6, 6.07) is 16.2. The fraction of sp³-hybridized carbons (Fsp3) is 0.176. The van der Waals surface area contributed by atoms with E-state index in [0.717, 1.165) is 11.4 Å². The van der Waals surface area contributed by atoms with Gasteiger partial charge in [-0.1, -0.05) is 48.7 Å². The average Bonchev–Trinajstić information content (AvgIpc) is 2.38. The molecule has 4 heteroatoms. The van der Waals surface area contributed by atoms with E-state index in [4.69, 9.17) is 24.4 Å². The maximum absolute atomic E-state index is 5.36. The summed E-state index contributed by atoms with van der Waals surface area (Å²) in [5.41, 5.74) is 4.39. The van der Waals surface area contributed by atoms with Crippen LogP contribution in [0.3, 0.4) is 0 Å². The third-order valence-electron chi connectivity index (χ3n) is 2.92. The monoisotopic (exact) mass is 314 g/mol. The van der Waals surface area contributed by atoms with Gasteiger partial charge in [0, 0.05) is 17.8 Å². The van der Waals surface area contributed by atoms with Crippen LogP contribution >= 0.6 is 24.4 Å². The molecule has 0 unspecified atom stereocenters. The molecule has 108 valence electrons. The lowest BCUT2D eigenvalue weighted by molar-refractivity contribution is 1.45. The fourth-order valence-corrected chi connectivity index (χ4v) is 2.62. The van der Waals surface area contributed by atoms with Crippen molar-refractivity contribution in [3.05, 3.63) is 59.7 Å². The predicted octanol–water partition coefficient (Wildman–Crippen LogP) is 4.87. The molecule has 0 saturated carbocycles. The Labute approximate surface area is 136 Å². The molecule has 0 spiro atoms. The van der Waals surface area contributed by atoms with Crippen LogP contribution in [0.1, 0.15) is 17.5 Å². The van der Waals surface area contributed by atoms with E-state index in [1.807, 2.05) is 24.3 Å². The first-order valence-electron chi connectivity index (χ1n) is 6.76. The van der Waals surface area contributed by atoms with Crippen LogP contribution in [0.5, 0.6) is 0 Å². The lowest BCUT2D eigenvalue weighted by atomic mass is 10.2. The van der Waals surface area contributed by atoms with Crippen molar-refractivity contribution >= 4 is 45.8 Å². The topological polar surface area (TPSA) is 24.1 Å². The summed E-state index contributed by atoms with van der Waals surface area (Å²) in [6.45, 7) is 4.11. The van der Waals surface area contributed by atoms with Crippen molar-refractivity contribution in [2.75, 3.05) is 10.6 Å². The highest BCUT2D eigenvalue weighted by Gasteiger charge is 2.04. The summed E-state index contributed by atoms with van der Waals surface area (Å²) in [7, 11) is 0. The molecule has 0 radical (unpaired) electrons. The quantitative estimate of drug-likeness (QED) is 0.786. The van der Waals surface area contributed by atoms with E-state index in [1.54, 1.807) is 0 Å². The van der Waals surface area contributed by atoms with Gasteiger partial charge < -0.3 is 10.6 Å². The molecule has 0 heterocycles. The van der Waals surface area contributed by atoms with E-state index in [0.29, 0.717) is 16.4 Å². The third kappa shape index (κ3) is 5.25. The largest absolute Gasteiger partial charge is 0.350 e. The van der Waals surface area contributed by atoms with Crippen molar-refractivity contribution in [2.45, 2.75) is 20.3 Å². The van der Waals surface area contributed by atoms with Crippen molar-refractivity contribution in [2.24, 2.45) is 0 Å². The van der Waals surface area contributed by atoms with Gasteiger partial charge in [0.05, 0.1) is 9.98 Å². The smallest absolute Gasteiger partial charge is 0.0865 e. The molecule has 2 aromatic carbocycles. The van der Waals surface area contributed by atoms with E-state index in [2.05, 4.69) is 48.7 Å². The Balaban J connectivity index is 1.89. The molecule has 2 rings (SSSR count). The standard InChI is InChI=1S/C17H18N2S2/c1-12-5-3-7-14(9-12)18-16(20)11-17(21)19-15-8-4-6-13(2)10-15/h3-10H,11H2,1-2H3,(H,18,20)(H,19,21). The van der Waals surface area contributed by atoms with Gasteiger partial charge in [-0.25, -0.2) is 0 Å². The van der Waals surface area contributed by atoms with Crippen LogP contribution in [-0.4, -0.2) is 9.98 Å². The van der Waals surface area contributed by atoms with Crippen molar-refractivity contribution in [3.8, 4) is 0 Å². The Morgan fingerprint density at radius 2 is 1.24 bits per heavy atom. The highest BCUT2D eigenvalue weighted by molar-refractivity contribution is 7.82. The molecule has 0 saturated heterocycles. The van der Waals surface area contributed by atoms with E-state index in [-0.39, 0.29) is 0 Å². The van der Waals surface area contributed by atoms with Crippen LogP contribution in [0.25, 0.3) is 0 Å². The zero-order valence-corrected chi connectivity index (χ0v) is 13.8. The second-order valence-corrected chi connectivity index (χ2v) is 6.00. The summed E-state index contributed by atoms with van der Waals surface area (Å²) < 4.78 is 0. The lowest BCUT2D eigenvalue weighted by Crippen LogP contribution is -2.18. The minimum Gasteiger partial charge on any atom is -0.350 e. The summed E-state index contributed by atoms with van der Waals surface area (Å²) in [5, 5.41) is 6.43. The van der Waals surface area contributed by atoms with Crippen LogP contribution in [-0.2, 0) is 0 Å². The summed E-state index contributed by atoms with van der Waals surface area (Å²) >= 11 is 10.7. The van der Waals surface area contributed by atoms with Gasteiger partial charge in [0.25, 0.3) is 0 Å². The fourth-order valence-electron chi connectivity index (χ4n) is 2.00. The summed E-state index contributed by atoms with van der Waals surface area (Å²) in [6.07, 6.45) is 0.534. The number of hydrogen-bond donors (Lipinski definition) is 2. The molecule has 0 amide bonds. The van der Waals surface area contributed by atoms with Gasteiger partial charge in [-0.05, 0) is 49.2 Å². The Hall–Kier alpha value is -1.78. The van der Waals surface area contributed by atoms with Crippen molar-refractivity contribution < 1.29 is 0 Å². The SMILES string of the molecule is Cc1cccc(NC(=S)CC(=S)Nc2cccc(C)c2)c1. The van der Waals surface area contributed by atoms with Gasteiger partial charge in [-0.15, -0.1) is 0 Å². The highest BCUT2D eigenvalue weighted by Crippen LogP contribution is 2.12. The predicted molar refractivity (Wildman–Crippen MR) is 99.4 cm³/mol. The van der Waals surface area contributed by atoms with Gasteiger partial charge in [-0.3, -0.25) is 0 Å². The number of nitrogens with one attached hydrogen (secondary N) is 2. The molecular weight excluding hydrogens is 296 g/mol. The Morgan fingerprint density at radius 1 is 0.810 bits per heavy atom. The van der Waals surface area contributed by atoms with Crippen LogP contribution in [0.2, 0.25) is 0 Å². The summed E-state index contributed by atoms with van der Waals surface area (Å²) in [5.74, 6) is 0. The Kier molecular flexibility index (Phi) is 5.42. The first-order valence-corrected chi connectivity index (χ1v) is 7.57. The Morgan fingerprint density at radius 3 is 1.62 bits per heavy atom. The maximum atomic E-state index is 5.36. The second-order valence-electron chi connectivity index (χ2n) is 5.01. The number of benzene rings is 2. The van der Waals surface area contributed by atoms with E-state index in [9.17, 15) is 0 Å². The molecule has 0 bridgehead atoms. The van der Waals surface area contributed by atoms with E-state index < -0.39 is 0 Å². The van der Waals surface area contributed by atoms with Crippen molar-refractivity contribution in [1.82, 2.24) is 0 Å². The maximum Gasteiger partial charge on any atom is 0.0865 e. The minimum absolute atomic E-state index is 0.534. The molecular formula is C17H18N2S2. The average molecular weight is 314 g/mol. The van der Waals surface area contributed by atoms with Crippen LogP contribution in [0.4, 0.5) is 11.4 Å². The highest BCUT2D eigenvalue weighted by atomic mass is 32.1. The second kappa shape index (κ2) is 7.29. The molecule has 21 heavy (non-hydrogen) atoms. The van der Waals surface area contributed by atoms with Gasteiger partial charge in [0.2, 0.25) is 0 Å². The first kappa shape index (κ1) is 15.6. The molecule has 0 aromatic heterocycles. The molecule has 0 fully saturated rings. The number of aryl methyl sites for hydroxylation is 2. The molecule has 0 aliphatic carbocycles. The first-order chi connectivity index (χ1) is 10.0. The lowest BCUT2D eigenvalue weighted by Gasteiger charge is -2.11. The van der Waals surface area contributed by atoms with Crippen LogP contribution in [0.15, 0.2) is 48.5 Å². The number of rotatable bonds is 4. The zero-order chi connectivity index (χ0) is 15.2. The van der Waals surface area contributed by atoms with Gasteiger partial charge >= 0.3 is 0 Å². The number of thiocarbonyl (C=S) groups is 2. The van der Waals surface area contributed by atoms with Gasteiger partial charge in [0.1, 0.15) is 0 Å². The number of anilines is 2. The number of hydrogen-bond acceptors (Lipinski definition) is 2. The molecule has 0 aliphatic heterocycles. The van der Waals surface area contributed by atoms with Gasteiger partial charge in [0.15, 0.2) is 0 Å². The van der Waals surface area contributed by atoms with Crippen LogP contribution < -0.4 is 10.6 Å². The molecule has 0 aliphatic rings. The normalized spacial score (nSPS) is 10.0. The van der Waals surface area contributed by atoms with Gasteiger partial charge in [-0.2, -0.15) is 0 Å². The van der Waals surface area contributed by atoms with E-state index >= 15 is 0 Å². The van der Waals surface area contributed by atoms with Crippen molar-refractivity contribution in [1.29, 1.82) is 0 Å². The molecule has 2 aromatic rings. The van der Waals surface area contributed by atoms with E-state index in [1.165, 1.54) is 11.1 Å². The molecule has 2 N–H and O–H groups in total. The molecule has 0 atom stereocenters. The zero-order valence-electron chi connectivity index (χ0n) is 12.1. The molecule has 2 nitrogen and oxygen atoms in total.